The predicted molar refractivity (Wildman–Crippen MR) is 135 cm³/mol. The number of amides is 2. The maximum absolute atomic E-state index is 14.0. The predicted octanol–water partition coefficient (Wildman–Crippen LogP) is 3.65. The molecule has 10 heteroatoms. The Morgan fingerprint density at radius 3 is 2.51 bits per heavy atom. The van der Waals surface area contributed by atoms with Gasteiger partial charge in [-0.2, -0.15) is 0 Å². The number of hydrogen-bond acceptors (Lipinski definition) is 6. The summed E-state index contributed by atoms with van der Waals surface area (Å²) in [5.74, 6) is -1.68. The molecule has 1 aromatic carbocycles. The summed E-state index contributed by atoms with van der Waals surface area (Å²) < 4.78 is 6.23. The fourth-order valence-electron chi connectivity index (χ4n) is 5.97. The van der Waals surface area contributed by atoms with E-state index in [0.29, 0.717) is 56.1 Å². The van der Waals surface area contributed by atoms with Crippen LogP contribution in [0, 0.1) is 11.8 Å². The SMILES string of the molecule is O=C(O)[C@H]1CCCC[C@H]1C(=O)N1CCc2c(Cl)ccc(OCc3cncnc3)c2[C@H]1CN1CCCC1=O. The minimum absolute atomic E-state index is 0.0616. The van der Waals surface area contributed by atoms with Gasteiger partial charge >= 0.3 is 5.97 Å². The first-order valence-corrected chi connectivity index (χ1v) is 13.3. The molecule has 37 heavy (non-hydrogen) atoms. The highest BCUT2D eigenvalue weighted by Gasteiger charge is 2.43. The molecule has 0 bridgehead atoms. The van der Waals surface area contributed by atoms with Crippen molar-refractivity contribution in [3.8, 4) is 5.75 Å². The van der Waals surface area contributed by atoms with Gasteiger partial charge in [-0.05, 0) is 43.4 Å². The molecule has 0 spiro atoms. The van der Waals surface area contributed by atoms with Crippen molar-refractivity contribution < 1.29 is 24.2 Å². The Labute approximate surface area is 220 Å². The number of likely N-dealkylation sites (tertiary alicyclic amines) is 1. The molecule has 2 fully saturated rings. The van der Waals surface area contributed by atoms with Gasteiger partial charge in [-0.15, -0.1) is 0 Å². The highest BCUT2D eigenvalue weighted by Crippen LogP contribution is 2.43. The maximum Gasteiger partial charge on any atom is 0.307 e. The fourth-order valence-corrected chi connectivity index (χ4v) is 6.23. The average Bonchev–Trinajstić information content (AvgIpc) is 3.32. The molecule has 0 radical (unpaired) electrons. The number of nitrogens with zero attached hydrogens (tertiary/aromatic N) is 4. The third kappa shape index (κ3) is 5.28. The van der Waals surface area contributed by atoms with E-state index in [9.17, 15) is 19.5 Å². The zero-order valence-electron chi connectivity index (χ0n) is 20.6. The zero-order valence-corrected chi connectivity index (χ0v) is 21.4. The third-order valence-corrected chi connectivity index (χ3v) is 8.18. The summed E-state index contributed by atoms with van der Waals surface area (Å²) in [4.78, 5) is 50.3. The molecule has 5 rings (SSSR count). The van der Waals surface area contributed by atoms with Crippen molar-refractivity contribution in [1.29, 1.82) is 0 Å². The van der Waals surface area contributed by atoms with Gasteiger partial charge in [-0.25, -0.2) is 9.97 Å². The van der Waals surface area contributed by atoms with Gasteiger partial charge in [0.1, 0.15) is 18.7 Å². The molecule has 2 amide bonds. The van der Waals surface area contributed by atoms with Gasteiger partial charge in [0.05, 0.1) is 17.9 Å². The lowest BCUT2D eigenvalue weighted by Gasteiger charge is -2.43. The lowest BCUT2D eigenvalue weighted by atomic mass is 9.77. The normalized spacial score (nSPS) is 23.6. The van der Waals surface area contributed by atoms with Crippen LogP contribution in [0.3, 0.4) is 0 Å². The first-order valence-electron chi connectivity index (χ1n) is 12.9. The first-order chi connectivity index (χ1) is 17.9. The van der Waals surface area contributed by atoms with Crippen LogP contribution >= 0.6 is 11.6 Å². The Kier molecular flexibility index (Phi) is 7.60. The summed E-state index contributed by atoms with van der Waals surface area (Å²) in [5.41, 5.74) is 2.50. The minimum Gasteiger partial charge on any atom is -0.488 e. The van der Waals surface area contributed by atoms with Gasteiger partial charge in [0.2, 0.25) is 11.8 Å². The van der Waals surface area contributed by atoms with Crippen molar-refractivity contribution >= 4 is 29.4 Å². The van der Waals surface area contributed by atoms with Crippen LogP contribution < -0.4 is 4.74 Å². The lowest BCUT2D eigenvalue weighted by Crippen LogP contribution is -2.50. The Bertz CT molecular complexity index is 1180. The van der Waals surface area contributed by atoms with E-state index in [1.807, 2.05) is 0 Å². The van der Waals surface area contributed by atoms with Gasteiger partial charge in [0.15, 0.2) is 0 Å². The summed E-state index contributed by atoms with van der Waals surface area (Å²) in [5, 5.41) is 10.4. The van der Waals surface area contributed by atoms with Crippen LogP contribution in [-0.4, -0.2) is 62.3 Å². The Morgan fingerprint density at radius 2 is 1.81 bits per heavy atom. The van der Waals surface area contributed by atoms with Crippen LogP contribution in [0.25, 0.3) is 0 Å². The Hall–Kier alpha value is -3.20. The molecule has 3 atom stereocenters. The van der Waals surface area contributed by atoms with Crippen molar-refractivity contribution in [2.24, 2.45) is 11.8 Å². The Balaban J connectivity index is 1.51. The molecule has 3 heterocycles. The summed E-state index contributed by atoms with van der Waals surface area (Å²) in [7, 11) is 0. The second-order valence-corrected chi connectivity index (χ2v) is 10.5. The minimum atomic E-state index is -0.918. The van der Waals surface area contributed by atoms with Crippen LogP contribution in [0.15, 0.2) is 30.9 Å². The largest absolute Gasteiger partial charge is 0.488 e. The van der Waals surface area contributed by atoms with Gasteiger partial charge < -0.3 is 19.6 Å². The second kappa shape index (κ2) is 11.0. The van der Waals surface area contributed by atoms with Gasteiger partial charge in [0, 0.05) is 54.6 Å². The third-order valence-electron chi connectivity index (χ3n) is 7.83. The molecule has 2 aromatic rings. The number of carboxylic acids is 1. The van der Waals surface area contributed by atoms with Crippen LogP contribution in [0.1, 0.15) is 61.3 Å². The number of carbonyl (C=O) groups is 3. The van der Waals surface area contributed by atoms with E-state index >= 15 is 0 Å². The summed E-state index contributed by atoms with van der Waals surface area (Å²) >= 11 is 6.65. The van der Waals surface area contributed by atoms with Gasteiger partial charge in [0.25, 0.3) is 0 Å². The molecular formula is C27H31ClN4O5. The van der Waals surface area contributed by atoms with E-state index in [1.54, 1.807) is 34.3 Å². The van der Waals surface area contributed by atoms with Crippen molar-refractivity contribution in [2.45, 2.75) is 57.6 Å². The molecule has 0 unspecified atom stereocenters. The fraction of sp³-hybridized carbons (Fsp3) is 0.519. The zero-order chi connectivity index (χ0) is 25.9. The summed E-state index contributed by atoms with van der Waals surface area (Å²) in [6, 6.07) is 3.13. The van der Waals surface area contributed by atoms with E-state index in [4.69, 9.17) is 16.3 Å². The number of aromatic nitrogens is 2. The molecule has 1 saturated heterocycles. The number of hydrogen-bond donors (Lipinski definition) is 1. The number of fused-ring (bicyclic) bond motifs is 1. The highest BCUT2D eigenvalue weighted by atomic mass is 35.5. The monoisotopic (exact) mass is 526 g/mol. The topological polar surface area (TPSA) is 113 Å². The molecule has 1 aromatic heterocycles. The molecule has 1 aliphatic carbocycles. The lowest BCUT2D eigenvalue weighted by molar-refractivity contribution is -0.154. The molecule has 3 aliphatic rings. The Morgan fingerprint density at radius 1 is 1.05 bits per heavy atom. The smallest absolute Gasteiger partial charge is 0.307 e. The summed E-state index contributed by atoms with van der Waals surface area (Å²) in [6.07, 6.45) is 9.32. The van der Waals surface area contributed by atoms with E-state index < -0.39 is 23.8 Å². The quantitative estimate of drug-likeness (QED) is 0.586. The number of carbonyl (C=O) groups excluding carboxylic acids is 2. The molecule has 196 valence electrons. The maximum atomic E-state index is 14.0. The summed E-state index contributed by atoms with van der Waals surface area (Å²) in [6.45, 7) is 1.61. The molecule has 1 saturated carbocycles. The molecule has 9 nitrogen and oxygen atoms in total. The van der Waals surface area contributed by atoms with Crippen LogP contribution in [-0.2, 0) is 27.4 Å². The highest BCUT2D eigenvalue weighted by molar-refractivity contribution is 6.31. The molecule has 2 aliphatic heterocycles. The number of rotatable bonds is 7. The van der Waals surface area contributed by atoms with E-state index in [0.717, 1.165) is 36.0 Å². The van der Waals surface area contributed by atoms with Gasteiger partial charge in [-0.3, -0.25) is 14.4 Å². The van der Waals surface area contributed by atoms with Gasteiger partial charge in [-0.1, -0.05) is 24.4 Å². The number of ether oxygens (including phenoxy) is 1. The standard InChI is InChI=1S/C27H31ClN4O5/c28-21-7-8-23(37-15-17-12-29-16-30-13-17)25-20(21)9-11-32(22(25)14-31-10-3-6-24(31)33)26(34)18-4-1-2-5-19(18)27(35)36/h7-8,12-13,16,18-19,22H,1-6,9-11,14-15H2,(H,35,36)/t18-,19+,22-/m1/s1. The molecular weight excluding hydrogens is 496 g/mol. The van der Waals surface area contributed by atoms with E-state index in [1.165, 1.54) is 6.33 Å². The van der Waals surface area contributed by atoms with Crippen LogP contribution in [0.5, 0.6) is 5.75 Å². The first kappa shape index (κ1) is 25.4. The van der Waals surface area contributed by atoms with Crippen molar-refractivity contribution in [1.82, 2.24) is 19.8 Å². The average molecular weight is 527 g/mol. The van der Waals surface area contributed by atoms with Crippen LogP contribution in [0.2, 0.25) is 5.02 Å². The number of halogens is 1. The van der Waals surface area contributed by atoms with E-state index in [-0.39, 0.29) is 18.4 Å². The molecule has 1 N–H and O–H groups in total. The van der Waals surface area contributed by atoms with Crippen molar-refractivity contribution in [3.63, 3.8) is 0 Å². The second-order valence-electron chi connectivity index (χ2n) is 10.0. The van der Waals surface area contributed by atoms with Crippen molar-refractivity contribution in [3.05, 3.63) is 52.6 Å². The number of aliphatic carboxylic acids is 1. The van der Waals surface area contributed by atoms with Crippen LogP contribution in [0.4, 0.5) is 0 Å². The van der Waals surface area contributed by atoms with E-state index in [2.05, 4.69) is 9.97 Å². The van der Waals surface area contributed by atoms with Crippen molar-refractivity contribution in [2.75, 3.05) is 19.6 Å². The number of benzene rings is 1. The number of carboxylic acid groups (broad SMARTS) is 1.